The molecule has 0 unspecified atom stereocenters. The molecule has 1 aromatic carbocycles. The second kappa shape index (κ2) is 8.86. The van der Waals surface area contributed by atoms with Crippen molar-refractivity contribution >= 4 is 16.8 Å². The van der Waals surface area contributed by atoms with Gasteiger partial charge in [0.1, 0.15) is 11.5 Å². The van der Waals surface area contributed by atoms with Crippen molar-refractivity contribution < 1.29 is 9.32 Å². The van der Waals surface area contributed by atoms with Crippen molar-refractivity contribution in [2.75, 3.05) is 0 Å². The van der Waals surface area contributed by atoms with Crippen LogP contribution in [0.4, 0.5) is 0 Å². The molecule has 6 heteroatoms. The van der Waals surface area contributed by atoms with Gasteiger partial charge in [-0.05, 0) is 70.9 Å². The average molecular weight is 479 g/mol. The highest BCUT2D eigenvalue weighted by atomic mass is 16.5. The van der Waals surface area contributed by atoms with E-state index in [2.05, 4.69) is 46.0 Å². The summed E-state index contributed by atoms with van der Waals surface area (Å²) in [7, 11) is 0. The zero-order valence-electron chi connectivity index (χ0n) is 21.5. The zero-order valence-corrected chi connectivity index (χ0v) is 21.5. The van der Waals surface area contributed by atoms with E-state index >= 15 is 0 Å². The number of benzene rings is 1. The summed E-state index contributed by atoms with van der Waals surface area (Å²) in [4.78, 5) is 21.7. The van der Waals surface area contributed by atoms with Gasteiger partial charge in [0.05, 0.1) is 28.5 Å². The Bertz CT molecular complexity index is 1540. The fourth-order valence-corrected chi connectivity index (χ4v) is 4.73. The number of hydrogen-bond acceptors (Lipinski definition) is 5. The van der Waals surface area contributed by atoms with E-state index < -0.39 is 5.41 Å². The van der Waals surface area contributed by atoms with Crippen LogP contribution in [0, 0.1) is 13.8 Å². The highest BCUT2D eigenvalue weighted by Crippen LogP contribution is 2.37. The third kappa shape index (κ3) is 3.92. The van der Waals surface area contributed by atoms with Crippen LogP contribution in [0.5, 0.6) is 0 Å². The summed E-state index contributed by atoms with van der Waals surface area (Å²) in [6.45, 7) is 11.6. The lowest BCUT2D eigenvalue weighted by Crippen LogP contribution is -2.26. The van der Waals surface area contributed by atoms with Gasteiger partial charge in [0.15, 0.2) is 0 Å². The number of hydrogen-bond donors (Lipinski definition) is 0. The Hall–Kier alpha value is -4.06. The molecule has 0 aliphatic heterocycles. The van der Waals surface area contributed by atoms with Gasteiger partial charge in [-0.2, -0.15) is 0 Å². The first kappa shape index (κ1) is 23.7. The third-order valence-corrected chi connectivity index (χ3v) is 7.32. The Balaban J connectivity index is 1.69. The maximum Gasteiger partial charge on any atom is 0.141 e. The molecule has 0 aliphatic rings. The minimum absolute atomic E-state index is 0.0000815. The Labute approximate surface area is 211 Å². The molecule has 36 heavy (non-hydrogen) atoms. The molecule has 0 radical (unpaired) electrons. The number of ketones is 1. The second-order valence-electron chi connectivity index (χ2n) is 9.93. The topological polar surface area (TPSA) is 73.8 Å². The van der Waals surface area contributed by atoms with E-state index in [-0.39, 0.29) is 11.8 Å². The minimum atomic E-state index is -0.526. The van der Waals surface area contributed by atoms with Crippen LogP contribution in [-0.4, -0.2) is 25.5 Å². The standard InChI is InChI=1S/C30H30N4O2/c1-18-28(20(3)36-33-18)23-15-27-29(32-16-23)25(17-34(27)19(2)26-9-7-8-14-31-26)22-10-12-24(13-11-22)30(5,6)21(4)35/h7-17,19H,1-6H3/t19-/m0/s1. The maximum atomic E-state index is 12.2. The number of rotatable bonds is 6. The van der Waals surface area contributed by atoms with Gasteiger partial charge in [-0.3, -0.25) is 14.8 Å². The lowest BCUT2D eigenvalue weighted by molar-refractivity contribution is -0.121. The van der Waals surface area contributed by atoms with Crippen LogP contribution in [0.25, 0.3) is 33.3 Å². The minimum Gasteiger partial charge on any atom is -0.361 e. The van der Waals surface area contributed by atoms with E-state index in [4.69, 9.17) is 9.51 Å². The summed E-state index contributed by atoms with van der Waals surface area (Å²) < 4.78 is 7.65. The molecule has 182 valence electrons. The molecular weight excluding hydrogens is 448 g/mol. The fourth-order valence-electron chi connectivity index (χ4n) is 4.73. The number of Topliss-reactive ketones (excluding diaryl/α,β-unsaturated/α-hetero) is 1. The Kier molecular flexibility index (Phi) is 5.83. The van der Waals surface area contributed by atoms with E-state index in [1.54, 1.807) is 6.92 Å². The van der Waals surface area contributed by atoms with Crippen molar-refractivity contribution in [2.45, 2.75) is 53.0 Å². The van der Waals surface area contributed by atoms with Crippen molar-refractivity contribution in [1.29, 1.82) is 0 Å². The molecule has 0 N–H and O–H groups in total. The van der Waals surface area contributed by atoms with Gasteiger partial charge < -0.3 is 9.09 Å². The molecule has 0 saturated heterocycles. The van der Waals surface area contributed by atoms with Crippen molar-refractivity contribution in [1.82, 2.24) is 19.7 Å². The molecule has 4 aromatic heterocycles. The summed E-state index contributed by atoms with van der Waals surface area (Å²) in [6, 6.07) is 16.4. The molecule has 0 fully saturated rings. The molecule has 0 aliphatic carbocycles. The summed E-state index contributed by atoms with van der Waals surface area (Å²) in [5, 5.41) is 4.13. The SMILES string of the molecule is CC(=O)C(C)(C)c1ccc(-c2cn([C@@H](C)c3ccccn3)c3cc(-c4c(C)noc4C)cnc23)cc1. The molecule has 5 rings (SSSR count). The molecule has 0 spiro atoms. The maximum absolute atomic E-state index is 12.2. The van der Waals surface area contributed by atoms with Crippen LogP contribution < -0.4 is 0 Å². The average Bonchev–Trinajstić information content (AvgIpc) is 3.43. The Morgan fingerprint density at radius 1 is 1.03 bits per heavy atom. The first-order chi connectivity index (χ1) is 17.2. The Morgan fingerprint density at radius 3 is 2.39 bits per heavy atom. The molecule has 0 amide bonds. The summed E-state index contributed by atoms with van der Waals surface area (Å²) in [6.07, 6.45) is 5.86. The van der Waals surface area contributed by atoms with E-state index in [1.807, 2.05) is 70.4 Å². The molecule has 1 atom stereocenters. The quantitative estimate of drug-likeness (QED) is 0.267. The molecule has 0 saturated carbocycles. The van der Waals surface area contributed by atoms with Crippen LogP contribution in [0.15, 0.2) is 71.6 Å². The second-order valence-corrected chi connectivity index (χ2v) is 9.93. The van der Waals surface area contributed by atoms with Gasteiger partial charge in [0, 0.05) is 40.7 Å². The van der Waals surface area contributed by atoms with Crippen LogP contribution in [0.2, 0.25) is 0 Å². The van der Waals surface area contributed by atoms with E-state index in [0.717, 1.165) is 56.0 Å². The summed E-state index contributed by atoms with van der Waals surface area (Å²) >= 11 is 0. The first-order valence-corrected chi connectivity index (χ1v) is 12.1. The highest BCUT2D eigenvalue weighted by molar-refractivity contribution is 5.95. The van der Waals surface area contributed by atoms with Crippen molar-refractivity contribution in [3.05, 3.63) is 89.8 Å². The number of nitrogens with zero attached hydrogens (tertiary/aromatic N) is 4. The highest BCUT2D eigenvalue weighted by Gasteiger charge is 2.26. The predicted octanol–water partition coefficient (Wildman–Crippen LogP) is 6.85. The molecular formula is C30H30N4O2. The number of carbonyl (C=O) groups excluding carboxylic acids is 1. The van der Waals surface area contributed by atoms with Gasteiger partial charge in [0.25, 0.3) is 0 Å². The van der Waals surface area contributed by atoms with Gasteiger partial charge in [0.2, 0.25) is 0 Å². The van der Waals surface area contributed by atoms with Crippen LogP contribution in [0.1, 0.15) is 56.4 Å². The lowest BCUT2D eigenvalue weighted by atomic mass is 9.81. The first-order valence-electron chi connectivity index (χ1n) is 12.1. The van der Waals surface area contributed by atoms with Crippen LogP contribution >= 0.6 is 0 Å². The number of carbonyl (C=O) groups is 1. The predicted molar refractivity (Wildman–Crippen MR) is 142 cm³/mol. The molecule has 5 aromatic rings. The van der Waals surface area contributed by atoms with E-state index in [1.165, 1.54) is 0 Å². The Morgan fingerprint density at radius 2 is 1.78 bits per heavy atom. The molecule has 0 bridgehead atoms. The van der Waals surface area contributed by atoms with Crippen LogP contribution in [0.3, 0.4) is 0 Å². The smallest absolute Gasteiger partial charge is 0.141 e. The molecule has 4 heterocycles. The fraction of sp³-hybridized carbons (Fsp3) is 0.267. The number of pyridine rings is 2. The van der Waals surface area contributed by atoms with Gasteiger partial charge >= 0.3 is 0 Å². The van der Waals surface area contributed by atoms with Crippen LogP contribution in [-0.2, 0) is 10.2 Å². The third-order valence-electron chi connectivity index (χ3n) is 7.32. The molecule has 6 nitrogen and oxygen atoms in total. The monoisotopic (exact) mass is 478 g/mol. The zero-order chi connectivity index (χ0) is 25.6. The van der Waals surface area contributed by atoms with Crippen molar-refractivity contribution in [3.63, 3.8) is 0 Å². The summed E-state index contributed by atoms with van der Waals surface area (Å²) in [5.41, 5.74) is 8.23. The van der Waals surface area contributed by atoms with Crippen molar-refractivity contribution in [3.8, 4) is 22.3 Å². The van der Waals surface area contributed by atoms with Gasteiger partial charge in [-0.25, -0.2) is 0 Å². The van der Waals surface area contributed by atoms with Crippen molar-refractivity contribution in [2.24, 2.45) is 0 Å². The lowest BCUT2D eigenvalue weighted by Gasteiger charge is -2.21. The van der Waals surface area contributed by atoms with Gasteiger partial charge in [-0.1, -0.05) is 35.5 Å². The van der Waals surface area contributed by atoms with E-state index in [0.29, 0.717) is 0 Å². The summed E-state index contributed by atoms with van der Waals surface area (Å²) in [5.74, 6) is 0.915. The number of aryl methyl sites for hydroxylation is 2. The largest absolute Gasteiger partial charge is 0.361 e. The normalized spacial score (nSPS) is 12.7. The van der Waals surface area contributed by atoms with E-state index in [9.17, 15) is 4.79 Å². The number of fused-ring (bicyclic) bond motifs is 1. The number of aromatic nitrogens is 4. The van der Waals surface area contributed by atoms with Gasteiger partial charge in [-0.15, -0.1) is 0 Å².